The Bertz CT molecular complexity index is 787. The average Bonchev–Trinajstić information content (AvgIpc) is 3.16. The van der Waals surface area contributed by atoms with Crippen molar-refractivity contribution in [1.29, 1.82) is 0 Å². The summed E-state index contributed by atoms with van der Waals surface area (Å²) in [7, 11) is 1.99. The monoisotopic (exact) mass is 326 g/mol. The van der Waals surface area contributed by atoms with Crippen LogP contribution in [0, 0.1) is 0 Å². The molecule has 0 bridgehead atoms. The van der Waals surface area contributed by atoms with Crippen molar-refractivity contribution < 1.29 is 0 Å². The second kappa shape index (κ2) is 7.42. The van der Waals surface area contributed by atoms with Gasteiger partial charge in [0.1, 0.15) is 0 Å². The van der Waals surface area contributed by atoms with E-state index in [9.17, 15) is 0 Å². The van der Waals surface area contributed by atoms with Crippen molar-refractivity contribution in [2.24, 2.45) is 7.05 Å². The van der Waals surface area contributed by atoms with Crippen LogP contribution in [0.3, 0.4) is 0 Å². The SMILES string of the molecule is Cn1cnc(CCCNC(=S)CCc2c[nH]c3ccccc23)c1. The van der Waals surface area contributed by atoms with E-state index in [-0.39, 0.29) is 0 Å². The third-order valence-electron chi connectivity index (χ3n) is 3.99. The number of nitrogens with zero attached hydrogens (tertiary/aromatic N) is 2. The molecule has 5 heteroatoms. The number of hydrogen-bond donors (Lipinski definition) is 2. The Morgan fingerprint density at radius 1 is 1.30 bits per heavy atom. The van der Waals surface area contributed by atoms with Crippen LogP contribution in [0.4, 0.5) is 0 Å². The smallest absolute Gasteiger partial charge is 0.0946 e. The summed E-state index contributed by atoms with van der Waals surface area (Å²) >= 11 is 5.44. The summed E-state index contributed by atoms with van der Waals surface area (Å²) in [4.78, 5) is 8.58. The van der Waals surface area contributed by atoms with E-state index >= 15 is 0 Å². The number of para-hydroxylation sites is 1. The molecule has 2 heterocycles. The highest BCUT2D eigenvalue weighted by Crippen LogP contribution is 2.18. The van der Waals surface area contributed by atoms with Crippen LogP contribution in [0.15, 0.2) is 43.0 Å². The third-order valence-corrected chi connectivity index (χ3v) is 4.33. The maximum atomic E-state index is 5.44. The third kappa shape index (κ3) is 4.20. The van der Waals surface area contributed by atoms with Gasteiger partial charge in [0.2, 0.25) is 0 Å². The molecular formula is C18H22N4S. The van der Waals surface area contributed by atoms with Crippen LogP contribution in [0.1, 0.15) is 24.1 Å². The van der Waals surface area contributed by atoms with Crippen LogP contribution < -0.4 is 5.32 Å². The number of aromatic nitrogens is 3. The molecule has 0 saturated carbocycles. The number of rotatable bonds is 7. The van der Waals surface area contributed by atoms with Crippen LogP contribution in [-0.2, 0) is 19.9 Å². The lowest BCUT2D eigenvalue weighted by molar-refractivity contribution is 0.757. The molecule has 3 rings (SSSR count). The average molecular weight is 326 g/mol. The topological polar surface area (TPSA) is 45.6 Å². The molecule has 0 fully saturated rings. The van der Waals surface area contributed by atoms with Crippen molar-refractivity contribution in [3.63, 3.8) is 0 Å². The summed E-state index contributed by atoms with van der Waals surface area (Å²) < 4.78 is 1.98. The number of benzene rings is 1. The Balaban J connectivity index is 1.39. The molecule has 2 aromatic heterocycles. The van der Waals surface area contributed by atoms with Crippen molar-refractivity contribution in [1.82, 2.24) is 19.9 Å². The zero-order chi connectivity index (χ0) is 16.1. The molecule has 0 amide bonds. The molecule has 0 aliphatic carbocycles. The van der Waals surface area contributed by atoms with Gasteiger partial charge in [-0.15, -0.1) is 0 Å². The Kier molecular flexibility index (Phi) is 5.08. The normalized spacial score (nSPS) is 11.0. The van der Waals surface area contributed by atoms with Crippen LogP contribution in [0.2, 0.25) is 0 Å². The van der Waals surface area contributed by atoms with Gasteiger partial charge in [0.25, 0.3) is 0 Å². The molecule has 0 aliphatic rings. The summed E-state index contributed by atoms with van der Waals surface area (Å²) in [6.07, 6.45) is 9.89. The van der Waals surface area contributed by atoms with Crippen molar-refractivity contribution >= 4 is 28.1 Å². The number of H-pyrrole nitrogens is 1. The number of hydrogen-bond acceptors (Lipinski definition) is 2. The second-order valence-corrected chi connectivity index (χ2v) is 6.34. The molecule has 4 nitrogen and oxygen atoms in total. The molecule has 120 valence electrons. The van der Waals surface area contributed by atoms with Crippen molar-refractivity contribution in [3.05, 3.63) is 54.2 Å². The molecular weight excluding hydrogens is 304 g/mol. The van der Waals surface area contributed by atoms with Crippen molar-refractivity contribution in [2.45, 2.75) is 25.7 Å². The van der Waals surface area contributed by atoms with E-state index < -0.39 is 0 Å². The first kappa shape index (κ1) is 15.7. The molecule has 1 aromatic carbocycles. The zero-order valence-electron chi connectivity index (χ0n) is 13.4. The molecule has 23 heavy (non-hydrogen) atoms. The van der Waals surface area contributed by atoms with Gasteiger partial charge in [-0.1, -0.05) is 30.4 Å². The Hall–Kier alpha value is -2.14. The number of fused-ring (bicyclic) bond motifs is 1. The maximum Gasteiger partial charge on any atom is 0.0946 e. The highest BCUT2D eigenvalue weighted by atomic mass is 32.1. The lowest BCUT2D eigenvalue weighted by atomic mass is 10.1. The van der Waals surface area contributed by atoms with E-state index in [2.05, 4.69) is 51.9 Å². The van der Waals surface area contributed by atoms with E-state index in [0.29, 0.717) is 0 Å². The van der Waals surface area contributed by atoms with Gasteiger partial charge in [0, 0.05) is 43.3 Å². The van der Waals surface area contributed by atoms with Gasteiger partial charge in [-0.25, -0.2) is 4.98 Å². The van der Waals surface area contributed by atoms with E-state index in [0.717, 1.165) is 42.9 Å². The quantitative estimate of drug-likeness (QED) is 0.517. The highest BCUT2D eigenvalue weighted by Gasteiger charge is 2.04. The van der Waals surface area contributed by atoms with Crippen LogP contribution in [0.25, 0.3) is 10.9 Å². The number of aryl methyl sites for hydroxylation is 3. The molecule has 0 spiro atoms. The fourth-order valence-electron chi connectivity index (χ4n) is 2.77. The van der Waals surface area contributed by atoms with Gasteiger partial charge in [-0.2, -0.15) is 0 Å². The molecule has 0 unspecified atom stereocenters. The molecule has 2 N–H and O–H groups in total. The lowest BCUT2D eigenvalue weighted by Crippen LogP contribution is -2.23. The fourth-order valence-corrected chi connectivity index (χ4v) is 2.97. The lowest BCUT2D eigenvalue weighted by Gasteiger charge is -2.07. The van der Waals surface area contributed by atoms with E-state index in [1.165, 1.54) is 16.5 Å². The van der Waals surface area contributed by atoms with Crippen molar-refractivity contribution in [3.8, 4) is 0 Å². The standard InChI is InChI=1S/C18H22N4S/c1-22-12-15(21-13-22)5-4-10-19-18(23)9-8-14-11-20-17-7-3-2-6-16(14)17/h2-3,6-7,11-13,20H,4-5,8-10H2,1H3,(H,19,23). The minimum atomic E-state index is 0.890. The molecule has 0 atom stereocenters. The zero-order valence-corrected chi connectivity index (χ0v) is 14.2. The van der Waals surface area contributed by atoms with Crippen LogP contribution in [0.5, 0.6) is 0 Å². The number of aromatic amines is 1. The van der Waals surface area contributed by atoms with Crippen molar-refractivity contribution in [2.75, 3.05) is 6.54 Å². The number of thiocarbonyl (C=S) groups is 1. The first-order valence-electron chi connectivity index (χ1n) is 8.01. The Morgan fingerprint density at radius 3 is 3.00 bits per heavy atom. The van der Waals surface area contributed by atoms with E-state index in [4.69, 9.17) is 12.2 Å². The summed E-state index contributed by atoms with van der Waals surface area (Å²) in [5.74, 6) is 0. The Labute approximate surface area is 141 Å². The number of nitrogens with one attached hydrogen (secondary N) is 2. The Morgan fingerprint density at radius 2 is 2.17 bits per heavy atom. The van der Waals surface area contributed by atoms with Gasteiger partial charge in [-0.3, -0.25) is 0 Å². The summed E-state index contributed by atoms with van der Waals surface area (Å²) in [5, 5.41) is 4.65. The molecule has 0 radical (unpaired) electrons. The maximum absolute atomic E-state index is 5.44. The van der Waals surface area contributed by atoms with Gasteiger partial charge < -0.3 is 14.9 Å². The van der Waals surface area contributed by atoms with Gasteiger partial charge in [0.15, 0.2) is 0 Å². The first-order valence-corrected chi connectivity index (χ1v) is 8.42. The largest absolute Gasteiger partial charge is 0.380 e. The van der Waals surface area contributed by atoms with E-state index in [1.807, 2.05) is 17.9 Å². The number of imidazole rings is 1. The van der Waals surface area contributed by atoms with Crippen LogP contribution in [-0.4, -0.2) is 26.1 Å². The summed E-state index contributed by atoms with van der Waals surface area (Å²) in [6.45, 7) is 0.906. The summed E-state index contributed by atoms with van der Waals surface area (Å²) in [6, 6.07) is 8.39. The first-order chi connectivity index (χ1) is 11.2. The minimum Gasteiger partial charge on any atom is -0.380 e. The van der Waals surface area contributed by atoms with E-state index in [1.54, 1.807) is 0 Å². The second-order valence-electron chi connectivity index (χ2n) is 5.84. The predicted molar refractivity (Wildman–Crippen MR) is 98.7 cm³/mol. The van der Waals surface area contributed by atoms with Gasteiger partial charge in [0.05, 0.1) is 17.0 Å². The molecule has 3 aromatic rings. The predicted octanol–water partition coefficient (Wildman–Crippen LogP) is 3.38. The summed E-state index contributed by atoms with van der Waals surface area (Å²) in [5.41, 5.74) is 3.66. The van der Waals surface area contributed by atoms with Gasteiger partial charge >= 0.3 is 0 Å². The fraction of sp³-hybridized carbons (Fsp3) is 0.333. The minimum absolute atomic E-state index is 0.890. The van der Waals surface area contributed by atoms with Crippen LogP contribution >= 0.6 is 12.2 Å². The molecule has 0 saturated heterocycles. The highest BCUT2D eigenvalue weighted by molar-refractivity contribution is 7.80. The molecule has 0 aliphatic heterocycles. The van der Waals surface area contributed by atoms with Gasteiger partial charge in [-0.05, 0) is 30.9 Å².